The number of aromatic nitrogens is 3. The smallest absolute Gasteiger partial charge is 0.246 e. The van der Waals surface area contributed by atoms with Crippen molar-refractivity contribution in [3.8, 4) is 5.88 Å². The Morgan fingerprint density at radius 3 is 3.03 bits per heavy atom. The van der Waals surface area contributed by atoms with E-state index >= 15 is 0 Å². The molecule has 1 aliphatic carbocycles. The molecule has 3 aromatic heterocycles. The summed E-state index contributed by atoms with van der Waals surface area (Å²) in [6.07, 6.45) is 9.67. The predicted molar refractivity (Wildman–Crippen MR) is 123 cm³/mol. The van der Waals surface area contributed by atoms with Crippen molar-refractivity contribution in [1.82, 2.24) is 19.4 Å². The second-order valence-corrected chi connectivity index (χ2v) is 9.66. The molecule has 1 saturated carbocycles. The van der Waals surface area contributed by atoms with Gasteiger partial charge in [-0.15, -0.1) is 11.3 Å². The number of amides is 1. The largest absolute Gasteiger partial charge is 0.472 e. The quantitative estimate of drug-likeness (QED) is 0.551. The van der Waals surface area contributed by atoms with E-state index in [1.54, 1.807) is 16.2 Å². The van der Waals surface area contributed by atoms with Crippen LogP contribution in [0, 0.1) is 12.8 Å². The summed E-state index contributed by atoms with van der Waals surface area (Å²) < 4.78 is 8.70. The maximum Gasteiger partial charge on any atom is 0.246 e. The first-order valence-corrected chi connectivity index (χ1v) is 11.7. The Bertz CT molecular complexity index is 1120. The number of nitrogens with one attached hydrogen (secondary N) is 1. The van der Waals surface area contributed by atoms with E-state index in [0.29, 0.717) is 12.4 Å². The number of thiazole rings is 1. The molecule has 1 amide bonds. The third-order valence-corrected chi connectivity index (χ3v) is 6.71. The van der Waals surface area contributed by atoms with Crippen LogP contribution in [0.2, 0.25) is 0 Å². The standard InChI is InChI=1S/C23H27N5O2S/c1-3-21(29)28-9-4-5-17(14-28)30-22-18-8-10-27(13-16-6-7-16)19(18)11-20(25-22)26-23-24-12-15(2)31-23/h3,8,10-12,16-17H,1,4-7,9,13-14H2,2H3,(H,24,25,26). The van der Waals surface area contributed by atoms with Crippen LogP contribution in [-0.2, 0) is 11.3 Å². The van der Waals surface area contributed by atoms with Gasteiger partial charge >= 0.3 is 0 Å². The molecule has 1 atom stereocenters. The summed E-state index contributed by atoms with van der Waals surface area (Å²) in [5.41, 5.74) is 1.11. The summed E-state index contributed by atoms with van der Waals surface area (Å²) in [6.45, 7) is 7.97. The van der Waals surface area contributed by atoms with Crippen LogP contribution in [0.3, 0.4) is 0 Å². The van der Waals surface area contributed by atoms with E-state index in [-0.39, 0.29) is 12.0 Å². The first kappa shape index (κ1) is 20.1. The van der Waals surface area contributed by atoms with E-state index in [9.17, 15) is 4.79 Å². The summed E-state index contributed by atoms with van der Waals surface area (Å²) in [5, 5.41) is 5.17. The number of fused-ring (bicyclic) bond motifs is 1. The number of carbonyl (C=O) groups excluding carboxylic acids is 1. The summed E-state index contributed by atoms with van der Waals surface area (Å²) in [6, 6.07) is 4.17. The number of hydrogen-bond donors (Lipinski definition) is 1. The Labute approximate surface area is 185 Å². The van der Waals surface area contributed by atoms with Crippen molar-refractivity contribution < 1.29 is 9.53 Å². The van der Waals surface area contributed by atoms with E-state index in [1.807, 2.05) is 13.1 Å². The summed E-state index contributed by atoms with van der Waals surface area (Å²) in [5.74, 6) is 2.06. The number of nitrogens with zero attached hydrogens (tertiary/aromatic N) is 4. The molecule has 7 nitrogen and oxygen atoms in total. The third kappa shape index (κ3) is 4.44. The van der Waals surface area contributed by atoms with Gasteiger partial charge in [-0.1, -0.05) is 6.58 Å². The molecule has 1 unspecified atom stereocenters. The normalized spacial score (nSPS) is 18.9. The van der Waals surface area contributed by atoms with Gasteiger partial charge in [0.25, 0.3) is 0 Å². The molecule has 2 aliphatic rings. The molecule has 8 heteroatoms. The van der Waals surface area contributed by atoms with Crippen molar-refractivity contribution in [3.05, 3.63) is 42.1 Å². The van der Waals surface area contributed by atoms with Crippen LogP contribution in [0.5, 0.6) is 5.88 Å². The van der Waals surface area contributed by atoms with Crippen LogP contribution in [-0.4, -0.2) is 44.5 Å². The Hall–Kier alpha value is -2.87. The van der Waals surface area contributed by atoms with Crippen molar-refractivity contribution in [2.24, 2.45) is 5.92 Å². The average Bonchev–Trinajstić information content (AvgIpc) is 3.36. The fourth-order valence-corrected chi connectivity index (χ4v) is 4.76. The fraction of sp³-hybridized carbons (Fsp3) is 0.435. The molecular weight excluding hydrogens is 410 g/mol. The molecule has 4 heterocycles. The van der Waals surface area contributed by atoms with Gasteiger partial charge < -0.3 is 19.5 Å². The number of piperidine rings is 1. The number of rotatable bonds is 7. The molecule has 1 N–H and O–H groups in total. The molecule has 31 heavy (non-hydrogen) atoms. The van der Waals surface area contributed by atoms with Gasteiger partial charge in [-0.3, -0.25) is 4.79 Å². The zero-order valence-electron chi connectivity index (χ0n) is 17.7. The van der Waals surface area contributed by atoms with Crippen LogP contribution in [0.15, 0.2) is 37.2 Å². The highest BCUT2D eigenvalue weighted by molar-refractivity contribution is 7.15. The SMILES string of the molecule is C=CC(=O)N1CCCC(Oc2nc(Nc3ncc(C)s3)cc3c2ccn3CC2CC2)C1. The number of pyridine rings is 1. The average molecular weight is 438 g/mol. The molecule has 3 aromatic rings. The lowest BCUT2D eigenvalue weighted by atomic mass is 10.1. The highest BCUT2D eigenvalue weighted by atomic mass is 32.1. The Morgan fingerprint density at radius 2 is 2.29 bits per heavy atom. The molecule has 5 rings (SSSR count). The zero-order valence-corrected chi connectivity index (χ0v) is 18.5. The van der Waals surface area contributed by atoms with E-state index in [4.69, 9.17) is 9.72 Å². The summed E-state index contributed by atoms with van der Waals surface area (Å²) >= 11 is 1.60. The lowest BCUT2D eigenvalue weighted by Crippen LogP contribution is -2.43. The monoisotopic (exact) mass is 437 g/mol. The van der Waals surface area contributed by atoms with Gasteiger partial charge in [0.05, 0.1) is 17.4 Å². The van der Waals surface area contributed by atoms with Crippen LogP contribution in [0.1, 0.15) is 30.6 Å². The maximum absolute atomic E-state index is 12.1. The topological polar surface area (TPSA) is 72.3 Å². The molecule has 1 aliphatic heterocycles. The van der Waals surface area contributed by atoms with Crippen LogP contribution in [0.4, 0.5) is 10.9 Å². The highest BCUT2D eigenvalue weighted by Crippen LogP contribution is 2.35. The zero-order chi connectivity index (χ0) is 21.4. The molecule has 1 saturated heterocycles. The lowest BCUT2D eigenvalue weighted by Gasteiger charge is -2.32. The van der Waals surface area contributed by atoms with Gasteiger partial charge in [-0.2, -0.15) is 4.98 Å². The molecule has 2 fully saturated rings. The van der Waals surface area contributed by atoms with E-state index in [2.05, 4.69) is 39.8 Å². The molecule has 0 radical (unpaired) electrons. The van der Waals surface area contributed by atoms with Gasteiger partial charge in [0.2, 0.25) is 11.8 Å². The number of ether oxygens (including phenoxy) is 1. The van der Waals surface area contributed by atoms with Crippen molar-refractivity contribution in [1.29, 1.82) is 0 Å². The second kappa shape index (κ2) is 8.34. The lowest BCUT2D eigenvalue weighted by molar-refractivity contribution is -0.128. The van der Waals surface area contributed by atoms with Crippen LogP contribution < -0.4 is 10.1 Å². The molecule has 0 bridgehead atoms. The summed E-state index contributed by atoms with van der Waals surface area (Å²) in [4.78, 5) is 24.2. The molecular formula is C23H27N5O2S. The minimum Gasteiger partial charge on any atom is -0.472 e. The highest BCUT2D eigenvalue weighted by Gasteiger charge is 2.26. The molecule has 0 spiro atoms. The van der Waals surface area contributed by atoms with E-state index in [0.717, 1.165) is 58.6 Å². The van der Waals surface area contributed by atoms with Crippen LogP contribution in [0.25, 0.3) is 10.9 Å². The van der Waals surface area contributed by atoms with Crippen molar-refractivity contribution in [3.63, 3.8) is 0 Å². The van der Waals surface area contributed by atoms with Crippen LogP contribution >= 0.6 is 11.3 Å². The van der Waals surface area contributed by atoms with Crippen molar-refractivity contribution in [2.45, 2.75) is 45.3 Å². The second-order valence-electron chi connectivity index (χ2n) is 8.43. The van der Waals surface area contributed by atoms with E-state index < -0.39 is 0 Å². The maximum atomic E-state index is 12.1. The first-order valence-electron chi connectivity index (χ1n) is 10.9. The predicted octanol–water partition coefficient (Wildman–Crippen LogP) is 4.51. The Balaban J connectivity index is 1.45. The number of hydrogen-bond acceptors (Lipinski definition) is 6. The Kier molecular flexibility index (Phi) is 5.40. The van der Waals surface area contributed by atoms with Gasteiger partial charge in [0.15, 0.2) is 5.13 Å². The van der Waals surface area contributed by atoms with Gasteiger partial charge in [0.1, 0.15) is 11.9 Å². The first-order chi connectivity index (χ1) is 15.1. The number of anilines is 2. The number of aryl methyl sites for hydroxylation is 1. The van der Waals surface area contributed by atoms with Crippen molar-refractivity contribution >= 4 is 39.1 Å². The Morgan fingerprint density at radius 1 is 1.42 bits per heavy atom. The number of likely N-dealkylation sites (tertiary alicyclic amines) is 1. The minimum atomic E-state index is -0.0857. The minimum absolute atomic E-state index is 0.0449. The molecule has 0 aromatic carbocycles. The number of carbonyl (C=O) groups is 1. The van der Waals surface area contributed by atoms with Gasteiger partial charge in [-0.25, -0.2) is 4.98 Å². The van der Waals surface area contributed by atoms with Gasteiger partial charge in [0, 0.05) is 36.4 Å². The summed E-state index contributed by atoms with van der Waals surface area (Å²) in [7, 11) is 0. The van der Waals surface area contributed by atoms with Crippen molar-refractivity contribution in [2.75, 3.05) is 18.4 Å². The molecule has 162 valence electrons. The fourth-order valence-electron chi connectivity index (χ4n) is 4.09. The third-order valence-electron chi connectivity index (χ3n) is 5.88. The van der Waals surface area contributed by atoms with Gasteiger partial charge in [-0.05, 0) is 50.7 Å². The van der Waals surface area contributed by atoms with E-state index in [1.165, 1.54) is 18.9 Å².